The Hall–Kier alpha value is -3.81. The van der Waals surface area contributed by atoms with E-state index in [9.17, 15) is 28.3 Å². The summed E-state index contributed by atoms with van der Waals surface area (Å²) in [4.78, 5) is 44.3. The lowest BCUT2D eigenvalue weighted by Crippen LogP contribution is -2.48. The molecule has 1 saturated carbocycles. The first-order chi connectivity index (χ1) is 22.2. The van der Waals surface area contributed by atoms with Gasteiger partial charge >= 0.3 is 12.1 Å². The van der Waals surface area contributed by atoms with Crippen LogP contribution in [-0.4, -0.2) is 78.3 Å². The zero-order chi connectivity index (χ0) is 34.1. The second kappa shape index (κ2) is 13.7. The number of piperidine rings is 1. The molecule has 1 atom stereocenters. The number of likely N-dealkylation sites (tertiary alicyclic amines) is 1. The third-order valence-electron chi connectivity index (χ3n) is 9.01. The van der Waals surface area contributed by atoms with Crippen molar-refractivity contribution < 1.29 is 37.4 Å². The van der Waals surface area contributed by atoms with E-state index in [1.807, 2.05) is 37.3 Å². The lowest BCUT2D eigenvalue weighted by molar-refractivity contribution is -0.152. The molecule has 2 N–H and O–H groups in total. The highest BCUT2D eigenvalue weighted by molar-refractivity contribution is 7.76. The fourth-order valence-electron chi connectivity index (χ4n) is 6.19. The van der Waals surface area contributed by atoms with E-state index in [0.717, 1.165) is 29.5 Å². The zero-order valence-corrected chi connectivity index (χ0v) is 28.4. The number of furan rings is 1. The Balaban J connectivity index is 1.35. The Morgan fingerprint density at radius 3 is 2.40 bits per heavy atom. The smallest absolute Gasteiger partial charge is 0.410 e. The maximum Gasteiger partial charge on any atom is 0.410 e. The second-order valence-electron chi connectivity index (χ2n) is 13.6. The molecule has 2 aromatic heterocycles. The molecule has 5 rings (SSSR count). The Morgan fingerprint density at radius 1 is 1.19 bits per heavy atom. The van der Waals surface area contributed by atoms with Crippen LogP contribution < -0.4 is 5.32 Å². The maximum absolute atomic E-state index is 13.1. The summed E-state index contributed by atoms with van der Waals surface area (Å²) >= 11 is -2.60. The minimum Gasteiger partial charge on any atom is -0.760 e. The van der Waals surface area contributed by atoms with Gasteiger partial charge in [-0.05, 0) is 83.8 Å². The van der Waals surface area contributed by atoms with Crippen LogP contribution in [0.15, 0.2) is 34.7 Å². The van der Waals surface area contributed by atoms with Crippen LogP contribution in [0, 0.1) is 12.3 Å². The van der Waals surface area contributed by atoms with Gasteiger partial charge in [0.15, 0.2) is 0 Å². The van der Waals surface area contributed by atoms with Crippen LogP contribution in [0.5, 0.6) is 0 Å². The molecule has 3 heterocycles. The number of carbonyl (C=O) groups excluding carboxylic acids is 2. The molecular formula is C34H43N4O8S-. The first kappa shape index (κ1) is 34.5. The number of hydrogen-bond donors (Lipinski definition) is 2. The third kappa shape index (κ3) is 7.85. The highest BCUT2D eigenvalue weighted by atomic mass is 32.2. The summed E-state index contributed by atoms with van der Waals surface area (Å²) in [6.45, 7) is 7.90. The van der Waals surface area contributed by atoms with E-state index in [-0.39, 0.29) is 63.0 Å². The fraction of sp³-hybridized carbons (Fsp3) is 0.529. The van der Waals surface area contributed by atoms with Crippen molar-refractivity contribution in [2.75, 3.05) is 26.7 Å². The summed E-state index contributed by atoms with van der Waals surface area (Å²) in [7, 11) is 1.56. The number of rotatable bonds is 11. The zero-order valence-electron chi connectivity index (χ0n) is 27.6. The molecule has 13 heteroatoms. The number of carbonyl (C=O) groups is 3. The van der Waals surface area contributed by atoms with E-state index < -0.39 is 34.3 Å². The number of carboxylic acid groups (broad SMARTS) is 1. The average molecular weight is 668 g/mol. The molecule has 1 aliphatic heterocycles. The van der Waals surface area contributed by atoms with Crippen LogP contribution in [0.25, 0.3) is 22.4 Å². The number of amides is 2. The summed E-state index contributed by atoms with van der Waals surface area (Å²) in [5.41, 5.74) is 2.14. The van der Waals surface area contributed by atoms with E-state index in [1.54, 1.807) is 27.8 Å². The molecule has 3 aromatic rings. The van der Waals surface area contributed by atoms with Crippen molar-refractivity contribution in [3.8, 4) is 11.3 Å². The van der Waals surface area contributed by atoms with Crippen LogP contribution in [0.4, 0.5) is 4.79 Å². The van der Waals surface area contributed by atoms with Crippen molar-refractivity contribution >= 4 is 40.3 Å². The Labute approximate surface area is 277 Å². The van der Waals surface area contributed by atoms with Crippen LogP contribution in [-0.2, 0) is 27.3 Å². The van der Waals surface area contributed by atoms with Gasteiger partial charge in [-0.2, -0.15) is 0 Å². The third-order valence-corrected chi connectivity index (χ3v) is 9.74. The average Bonchev–Trinajstić information content (AvgIpc) is 3.79. The van der Waals surface area contributed by atoms with Gasteiger partial charge in [-0.1, -0.05) is 29.8 Å². The Kier molecular flexibility index (Phi) is 10.1. The van der Waals surface area contributed by atoms with E-state index in [2.05, 4.69) is 5.32 Å². The standard InChI is InChI=1S/C34H44N4O8S/c1-21-7-9-23(10-8-21)28-27(29(39)35-5)25-19-24(22-11-12-22)26(36-30(25)45-28)20-38(47(43)44)16-6-13-34(31(40)41)14-17-37(18-15-34)32(42)46-33(2,3)4/h7-10,19,22H,6,11-18,20H2,1-5H3,(H,35,39)(H,40,41)(H,43,44)/p-1. The molecule has 47 heavy (non-hydrogen) atoms. The predicted molar refractivity (Wildman–Crippen MR) is 175 cm³/mol. The predicted octanol–water partition coefficient (Wildman–Crippen LogP) is 5.52. The van der Waals surface area contributed by atoms with Gasteiger partial charge in [-0.25, -0.2) is 14.1 Å². The summed E-state index contributed by atoms with van der Waals surface area (Å²) in [6.07, 6.45) is 2.47. The molecule has 2 amide bonds. The molecular weight excluding hydrogens is 624 g/mol. The Morgan fingerprint density at radius 2 is 1.85 bits per heavy atom. The summed E-state index contributed by atoms with van der Waals surface area (Å²) in [6, 6.07) is 9.55. The van der Waals surface area contributed by atoms with Crippen molar-refractivity contribution in [1.82, 2.24) is 19.5 Å². The number of nitrogens with one attached hydrogen (secondary N) is 1. The monoisotopic (exact) mass is 667 g/mol. The highest BCUT2D eigenvalue weighted by Crippen LogP contribution is 2.44. The molecule has 0 spiro atoms. The molecule has 1 aliphatic carbocycles. The van der Waals surface area contributed by atoms with Gasteiger partial charge in [0.1, 0.15) is 11.4 Å². The molecule has 12 nitrogen and oxygen atoms in total. The van der Waals surface area contributed by atoms with Gasteiger partial charge < -0.3 is 29.0 Å². The molecule has 1 saturated heterocycles. The van der Waals surface area contributed by atoms with Gasteiger partial charge in [0.05, 0.1) is 28.6 Å². The van der Waals surface area contributed by atoms with Crippen molar-refractivity contribution in [2.45, 2.75) is 84.3 Å². The quantitative estimate of drug-likeness (QED) is 0.251. The number of nitrogens with zero attached hydrogens (tertiary/aromatic N) is 3. The maximum atomic E-state index is 13.1. The number of pyridine rings is 1. The lowest BCUT2D eigenvalue weighted by Gasteiger charge is -2.39. The van der Waals surface area contributed by atoms with Gasteiger partial charge in [-0.3, -0.25) is 13.8 Å². The van der Waals surface area contributed by atoms with Crippen molar-refractivity contribution in [1.29, 1.82) is 0 Å². The number of ether oxygens (including phenoxy) is 1. The number of hydrogen-bond acceptors (Lipinski definition) is 8. The van der Waals surface area contributed by atoms with Crippen LogP contribution in [0.2, 0.25) is 0 Å². The second-order valence-corrected chi connectivity index (χ2v) is 14.6. The topological polar surface area (TPSA) is 165 Å². The fourth-order valence-corrected chi connectivity index (χ4v) is 6.70. The molecule has 254 valence electrons. The van der Waals surface area contributed by atoms with E-state index >= 15 is 0 Å². The first-order valence-electron chi connectivity index (χ1n) is 16.0. The summed E-state index contributed by atoms with van der Waals surface area (Å²) < 4.78 is 37.8. The summed E-state index contributed by atoms with van der Waals surface area (Å²) in [5, 5.41) is 13.4. The SMILES string of the molecule is CNC(=O)c1c(-c2ccc(C)cc2)oc2nc(CN(CCCC3(C(=O)O)CCN(C(=O)OC(C)(C)C)CC3)S(=O)[O-])c(C3CC3)cc12. The lowest BCUT2D eigenvalue weighted by atomic mass is 9.75. The van der Waals surface area contributed by atoms with E-state index in [0.29, 0.717) is 28.8 Å². The minimum absolute atomic E-state index is 0.0136. The molecule has 2 aliphatic rings. The van der Waals surface area contributed by atoms with Crippen LogP contribution in [0.3, 0.4) is 0 Å². The number of benzene rings is 1. The van der Waals surface area contributed by atoms with Gasteiger partial charge in [-0.15, -0.1) is 0 Å². The van der Waals surface area contributed by atoms with Gasteiger partial charge in [0.25, 0.3) is 5.91 Å². The molecule has 0 radical (unpaired) electrons. The van der Waals surface area contributed by atoms with E-state index in [1.165, 1.54) is 9.21 Å². The number of fused-ring (bicyclic) bond motifs is 1. The number of aliphatic carboxylic acids is 1. The molecule has 2 fully saturated rings. The van der Waals surface area contributed by atoms with Crippen LogP contribution >= 0.6 is 0 Å². The van der Waals surface area contributed by atoms with Crippen molar-refractivity contribution in [3.05, 3.63) is 52.7 Å². The van der Waals surface area contributed by atoms with Gasteiger partial charge in [0, 0.05) is 43.5 Å². The number of aryl methyl sites for hydroxylation is 1. The molecule has 1 aromatic carbocycles. The van der Waals surface area contributed by atoms with Crippen molar-refractivity contribution in [3.63, 3.8) is 0 Å². The van der Waals surface area contributed by atoms with Gasteiger partial charge in [0.2, 0.25) is 5.71 Å². The minimum atomic E-state index is -2.60. The highest BCUT2D eigenvalue weighted by Gasteiger charge is 2.43. The summed E-state index contributed by atoms with van der Waals surface area (Å²) in [5.74, 6) is -0.660. The van der Waals surface area contributed by atoms with Crippen LogP contribution in [0.1, 0.15) is 92.4 Å². The normalized spacial score (nSPS) is 17.1. The number of aromatic nitrogens is 1. The first-order valence-corrected chi connectivity index (χ1v) is 17.1. The number of carboxylic acids is 1. The molecule has 0 bridgehead atoms. The van der Waals surface area contributed by atoms with E-state index in [4.69, 9.17) is 14.1 Å². The van der Waals surface area contributed by atoms with Crippen molar-refractivity contribution in [2.24, 2.45) is 5.41 Å². The largest absolute Gasteiger partial charge is 0.760 e. The molecule has 1 unspecified atom stereocenters. The Bertz CT molecular complexity index is 1670.